The molecule has 0 aliphatic heterocycles. The zero-order valence-corrected chi connectivity index (χ0v) is 12.3. The molecule has 0 fully saturated rings. The van der Waals surface area contributed by atoms with Crippen molar-refractivity contribution >= 4 is 16.5 Å². The number of hydrogen-bond donors (Lipinski definition) is 1. The van der Waals surface area contributed by atoms with Crippen LogP contribution in [0, 0.1) is 0 Å². The molecule has 0 bridgehead atoms. The van der Waals surface area contributed by atoms with E-state index in [1.165, 1.54) is 17.1 Å². The van der Waals surface area contributed by atoms with Crippen LogP contribution in [0.3, 0.4) is 0 Å². The molecule has 4 nitrogen and oxygen atoms in total. The van der Waals surface area contributed by atoms with Gasteiger partial charge in [0.15, 0.2) is 0 Å². The Labute approximate surface area is 118 Å². The largest absolute Gasteiger partial charge is 0.374 e. The number of rotatable bonds is 7. The molecule has 0 saturated heterocycles. The molecule has 102 valence electrons. The van der Waals surface area contributed by atoms with E-state index in [-0.39, 0.29) is 0 Å². The summed E-state index contributed by atoms with van der Waals surface area (Å²) in [6, 6.07) is 10.5. The van der Waals surface area contributed by atoms with E-state index < -0.39 is 0 Å². The molecule has 1 heterocycles. The first-order chi connectivity index (χ1) is 9.33. The lowest BCUT2D eigenvalue weighted by molar-refractivity contribution is 0.268. The summed E-state index contributed by atoms with van der Waals surface area (Å²) in [5.41, 5.74) is 2.38. The maximum Gasteiger partial charge on any atom is 0.134 e. The molecule has 0 radical (unpaired) electrons. The molecule has 0 aliphatic carbocycles. The third-order valence-corrected chi connectivity index (χ3v) is 3.69. The molecule has 1 aromatic heterocycles. The van der Waals surface area contributed by atoms with E-state index in [4.69, 9.17) is 0 Å². The molecule has 0 aliphatic rings. The SMILES string of the molecule is CCNc1snnc1CN(CC)Cc1ccccc1. The van der Waals surface area contributed by atoms with Crippen molar-refractivity contribution in [3.8, 4) is 0 Å². The lowest BCUT2D eigenvalue weighted by Crippen LogP contribution is -2.23. The Bertz CT molecular complexity index is 483. The summed E-state index contributed by atoms with van der Waals surface area (Å²) < 4.78 is 4.04. The first kappa shape index (κ1) is 14.0. The summed E-state index contributed by atoms with van der Waals surface area (Å²) in [5.74, 6) is 0. The van der Waals surface area contributed by atoms with Crippen LogP contribution in [0.25, 0.3) is 0 Å². The van der Waals surface area contributed by atoms with E-state index >= 15 is 0 Å². The van der Waals surface area contributed by atoms with Crippen molar-refractivity contribution in [2.24, 2.45) is 0 Å². The van der Waals surface area contributed by atoms with Gasteiger partial charge in [0.2, 0.25) is 0 Å². The van der Waals surface area contributed by atoms with Crippen molar-refractivity contribution in [3.63, 3.8) is 0 Å². The summed E-state index contributed by atoms with van der Waals surface area (Å²) in [6.07, 6.45) is 0. The van der Waals surface area contributed by atoms with E-state index in [1.807, 2.05) is 6.07 Å². The van der Waals surface area contributed by atoms with E-state index in [0.717, 1.165) is 36.9 Å². The van der Waals surface area contributed by atoms with Crippen molar-refractivity contribution in [2.75, 3.05) is 18.4 Å². The second-order valence-electron chi connectivity index (χ2n) is 4.37. The van der Waals surface area contributed by atoms with E-state index in [9.17, 15) is 0 Å². The molecule has 5 heteroatoms. The van der Waals surface area contributed by atoms with Gasteiger partial charge in [-0.2, -0.15) is 0 Å². The Balaban J connectivity index is 2.00. The predicted octanol–water partition coefficient (Wildman–Crippen LogP) is 2.99. The minimum Gasteiger partial charge on any atom is -0.374 e. The number of nitrogens with one attached hydrogen (secondary N) is 1. The minimum atomic E-state index is 0.838. The van der Waals surface area contributed by atoms with Gasteiger partial charge in [0.05, 0.1) is 0 Å². The van der Waals surface area contributed by atoms with Gasteiger partial charge in [0.25, 0.3) is 0 Å². The van der Waals surface area contributed by atoms with Crippen LogP contribution in [0.1, 0.15) is 25.1 Å². The molecular formula is C14H20N4S. The van der Waals surface area contributed by atoms with Crippen LogP contribution in [-0.4, -0.2) is 27.6 Å². The quantitative estimate of drug-likeness (QED) is 0.844. The average Bonchev–Trinajstić information content (AvgIpc) is 2.87. The summed E-state index contributed by atoms with van der Waals surface area (Å²) >= 11 is 1.43. The Morgan fingerprint density at radius 1 is 1.16 bits per heavy atom. The maximum atomic E-state index is 4.23. The average molecular weight is 276 g/mol. The van der Waals surface area contributed by atoms with Crippen LogP contribution in [0.4, 0.5) is 5.00 Å². The van der Waals surface area contributed by atoms with Crippen molar-refractivity contribution < 1.29 is 0 Å². The number of hydrogen-bond acceptors (Lipinski definition) is 5. The van der Waals surface area contributed by atoms with Gasteiger partial charge >= 0.3 is 0 Å². The smallest absolute Gasteiger partial charge is 0.134 e. The first-order valence-corrected chi connectivity index (χ1v) is 7.42. The second kappa shape index (κ2) is 7.21. The highest BCUT2D eigenvalue weighted by Gasteiger charge is 2.11. The Kier molecular flexibility index (Phi) is 5.30. The lowest BCUT2D eigenvalue weighted by Gasteiger charge is -2.19. The van der Waals surface area contributed by atoms with Gasteiger partial charge in [-0.25, -0.2) is 0 Å². The number of anilines is 1. The predicted molar refractivity (Wildman–Crippen MR) is 80.3 cm³/mol. The highest BCUT2D eigenvalue weighted by molar-refractivity contribution is 7.10. The number of benzene rings is 1. The lowest BCUT2D eigenvalue weighted by atomic mass is 10.2. The standard InChI is InChI=1S/C14H20N4S/c1-3-15-14-13(16-17-19-14)11-18(4-2)10-12-8-6-5-7-9-12/h5-9,15H,3-4,10-11H2,1-2H3. The summed E-state index contributed by atoms with van der Waals surface area (Å²) in [6.45, 7) is 7.95. The maximum absolute atomic E-state index is 4.23. The van der Waals surface area contributed by atoms with Crippen LogP contribution >= 0.6 is 11.5 Å². The van der Waals surface area contributed by atoms with Crippen LogP contribution in [0.5, 0.6) is 0 Å². The molecule has 2 aromatic rings. The molecule has 19 heavy (non-hydrogen) atoms. The van der Waals surface area contributed by atoms with Gasteiger partial charge in [-0.05, 0) is 19.0 Å². The van der Waals surface area contributed by atoms with Gasteiger partial charge in [-0.3, -0.25) is 4.90 Å². The fourth-order valence-electron chi connectivity index (χ4n) is 1.94. The van der Waals surface area contributed by atoms with Gasteiger partial charge < -0.3 is 5.32 Å². The molecule has 1 aromatic carbocycles. The van der Waals surface area contributed by atoms with Gasteiger partial charge in [-0.15, -0.1) is 5.10 Å². The van der Waals surface area contributed by atoms with Crippen molar-refractivity contribution in [3.05, 3.63) is 41.6 Å². The van der Waals surface area contributed by atoms with E-state index in [1.54, 1.807) is 0 Å². The van der Waals surface area contributed by atoms with Crippen LogP contribution in [0.2, 0.25) is 0 Å². The highest BCUT2D eigenvalue weighted by atomic mass is 32.1. The van der Waals surface area contributed by atoms with Crippen molar-refractivity contribution in [2.45, 2.75) is 26.9 Å². The van der Waals surface area contributed by atoms with Crippen molar-refractivity contribution in [1.29, 1.82) is 0 Å². The molecule has 1 N–H and O–H groups in total. The second-order valence-corrected chi connectivity index (χ2v) is 5.12. The Morgan fingerprint density at radius 2 is 1.95 bits per heavy atom. The monoisotopic (exact) mass is 276 g/mol. The Hall–Kier alpha value is -1.46. The normalized spacial score (nSPS) is 10.9. The topological polar surface area (TPSA) is 41.1 Å². The molecule has 0 amide bonds. The first-order valence-electron chi connectivity index (χ1n) is 6.64. The molecule has 0 saturated carbocycles. The number of nitrogens with zero attached hydrogens (tertiary/aromatic N) is 3. The Morgan fingerprint density at radius 3 is 2.63 bits per heavy atom. The zero-order valence-electron chi connectivity index (χ0n) is 11.5. The molecule has 0 atom stereocenters. The van der Waals surface area contributed by atoms with E-state index in [2.05, 4.69) is 57.9 Å². The van der Waals surface area contributed by atoms with Gasteiger partial charge in [0, 0.05) is 31.2 Å². The van der Waals surface area contributed by atoms with Gasteiger partial charge in [0.1, 0.15) is 10.7 Å². The van der Waals surface area contributed by atoms with Crippen molar-refractivity contribution in [1.82, 2.24) is 14.5 Å². The minimum absolute atomic E-state index is 0.838. The van der Waals surface area contributed by atoms with E-state index in [0.29, 0.717) is 0 Å². The third-order valence-electron chi connectivity index (χ3n) is 2.96. The third kappa shape index (κ3) is 4.01. The van der Waals surface area contributed by atoms with Crippen LogP contribution in [-0.2, 0) is 13.1 Å². The number of aromatic nitrogens is 2. The van der Waals surface area contributed by atoms with Gasteiger partial charge in [-0.1, -0.05) is 41.7 Å². The molecule has 0 spiro atoms. The highest BCUT2D eigenvalue weighted by Crippen LogP contribution is 2.19. The summed E-state index contributed by atoms with van der Waals surface area (Å²) in [4.78, 5) is 2.37. The summed E-state index contributed by atoms with van der Waals surface area (Å²) in [7, 11) is 0. The van der Waals surface area contributed by atoms with Crippen LogP contribution < -0.4 is 5.32 Å². The van der Waals surface area contributed by atoms with Crippen LogP contribution in [0.15, 0.2) is 30.3 Å². The summed E-state index contributed by atoms with van der Waals surface area (Å²) in [5, 5.41) is 8.64. The fraction of sp³-hybridized carbons (Fsp3) is 0.429. The molecule has 0 unspecified atom stereocenters. The zero-order chi connectivity index (χ0) is 13.5. The molecule has 2 rings (SSSR count). The molecular weight excluding hydrogens is 256 g/mol. The fourth-order valence-corrected chi connectivity index (χ4v) is 2.58.